The van der Waals surface area contributed by atoms with E-state index in [0.717, 1.165) is 6.42 Å². The van der Waals surface area contributed by atoms with Crippen molar-refractivity contribution in [2.24, 2.45) is 5.92 Å². The number of benzene rings is 1. The van der Waals surface area contributed by atoms with Crippen LogP contribution in [0.4, 0.5) is 0 Å². The number of carbonyl (C=O) groups excluding carboxylic acids is 1. The van der Waals surface area contributed by atoms with Crippen LogP contribution >= 0.6 is 11.6 Å². The summed E-state index contributed by atoms with van der Waals surface area (Å²) in [4.78, 5) is 14.7. The topological polar surface area (TPSA) is 48.0 Å². The lowest BCUT2D eigenvalue weighted by Gasteiger charge is -2.37. The van der Waals surface area contributed by atoms with Gasteiger partial charge in [0.05, 0.1) is 37.5 Å². The number of hydrogen-bond donors (Lipinski definition) is 0. The minimum absolute atomic E-state index is 0.0236. The molecule has 0 bridgehead atoms. The van der Waals surface area contributed by atoms with Crippen LogP contribution in [-0.2, 0) is 4.74 Å². The maximum Gasteiger partial charge on any atom is 0.254 e. The Morgan fingerprint density at radius 2 is 2.12 bits per heavy atom. The molecule has 0 aliphatic carbocycles. The second-order valence-electron chi connectivity index (χ2n) is 6.97. The number of halogens is 1. The van der Waals surface area contributed by atoms with Crippen molar-refractivity contribution in [3.63, 3.8) is 0 Å². The zero-order valence-electron chi connectivity index (χ0n) is 15.7. The number of hydrogen-bond acceptors (Lipinski definition) is 4. The summed E-state index contributed by atoms with van der Waals surface area (Å²) < 4.78 is 16.8. The Kier molecular flexibility index (Phi) is 6.96. The second-order valence-corrected chi connectivity index (χ2v) is 7.38. The fraction of sp³-hybridized carbons (Fsp3) is 0.632. The molecule has 25 heavy (non-hydrogen) atoms. The Balaban J connectivity index is 2.21. The smallest absolute Gasteiger partial charge is 0.254 e. The highest BCUT2D eigenvalue weighted by Gasteiger charge is 2.29. The summed E-state index contributed by atoms with van der Waals surface area (Å²) in [5, 5.41) is 0.389. The van der Waals surface area contributed by atoms with Crippen LogP contribution in [0.2, 0.25) is 5.02 Å². The van der Waals surface area contributed by atoms with E-state index in [2.05, 4.69) is 13.8 Å². The van der Waals surface area contributed by atoms with Crippen LogP contribution in [0.25, 0.3) is 0 Å². The standard InChI is InChI=1S/C19H28ClNO4/c1-12(2)6-7-24-18-16(20)8-15(9-17(18)23-5)19(22)21-10-14(4)25-11-13(21)3/h8-9,12-14H,6-7,10-11H2,1-5H3. The number of ether oxygens (including phenoxy) is 3. The predicted molar refractivity (Wildman–Crippen MR) is 98.9 cm³/mol. The molecule has 1 aromatic carbocycles. The van der Waals surface area contributed by atoms with E-state index in [1.807, 2.05) is 18.7 Å². The summed E-state index contributed by atoms with van der Waals surface area (Å²) in [7, 11) is 1.55. The number of morpholine rings is 1. The average molecular weight is 370 g/mol. The Bertz CT molecular complexity index is 605. The number of nitrogens with zero attached hydrogens (tertiary/aromatic N) is 1. The first-order chi connectivity index (χ1) is 11.8. The van der Waals surface area contributed by atoms with Gasteiger partial charge in [0.15, 0.2) is 11.5 Å². The Morgan fingerprint density at radius 1 is 1.40 bits per heavy atom. The summed E-state index contributed by atoms with van der Waals surface area (Å²) in [6.07, 6.45) is 0.944. The third kappa shape index (κ3) is 5.02. The molecule has 140 valence electrons. The predicted octanol–water partition coefficient (Wildman–Crippen LogP) is 4.02. The molecular weight excluding hydrogens is 342 g/mol. The maximum atomic E-state index is 12.9. The lowest BCUT2D eigenvalue weighted by molar-refractivity contribution is -0.0387. The van der Waals surface area contributed by atoms with Crippen LogP contribution < -0.4 is 9.47 Å². The molecule has 0 radical (unpaired) electrons. The fourth-order valence-electron chi connectivity index (χ4n) is 2.73. The molecule has 1 aromatic rings. The van der Waals surface area contributed by atoms with Crippen LogP contribution in [0.3, 0.4) is 0 Å². The molecule has 1 aliphatic rings. The Hall–Kier alpha value is -1.46. The Labute approximate surface area is 155 Å². The zero-order valence-corrected chi connectivity index (χ0v) is 16.4. The second kappa shape index (κ2) is 8.77. The molecule has 2 unspecified atom stereocenters. The van der Waals surface area contributed by atoms with Gasteiger partial charge in [0.25, 0.3) is 5.91 Å². The molecule has 0 N–H and O–H groups in total. The van der Waals surface area contributed by atoms with Gasteiger partial charge in [-0.1, -0.05) is 25.4 Å². The minimum Gasteiger partial charge on any atom is -0.493 e. The van der Waals surface area contributed by atoms with Crippen molar-refractivity contribution in [2.45, 2.75) is 46.3 Å². The number of rotatable bonds is 6. The van der Waals surface area contributed by atoms with E-state index in [4.69, 9.17) is 25.8 Å². The van der Waals surface area contributed by atoms with Crippen molar-refractivity contribution in [2.75, 3.05) is 26.9 Å². The summed E-state index contributed by atoms with van der Waals surface area (Å²) in [5.74, 6) is 1.44. The van der Waals surface area contributed by atoms with Gasteiger partial charge in [0.1, 0.15) is 0 Å². The van der Waals surface area contributed by atoms with Crippen LogP contribution in [-0.4, -0.2) is 49.8 Å². The third-order valence-corrected chi connectivity index (χ3v) is 4.57. The largest absolute Gasteiger partial charge is 0.493 e. The van der Waals surface area contributed by atoms with Gasteiger partial charge in [0.2, 0.25) is 0 Å². The van der Waals surface area contributed by atoms with E-state index < -0.39 is 0 Å². The van der Waals surface area contributed by atoms with Crippen LogP contribution in [0, 0.1) is 5.92 Å². The van der Waals surface area contributed by atoms with Crippen LogP contribution in [0.5, 0.6) is 11.5 Å². The van der Waals surface area contributed by atoms with E-state index in [-0.39, 0.29) is 18.1 Å². The quantitative estimate of drug-likeness (QED) is 0.759. The highest BCUT2D eigenvalue weighted by Crippen LogP contribution is 2.37. The van der Waals surface area contributed by atoms with E-state index in [1.54, 1.807) is 19.2 Å². The van der Waals surface area contributed by atoms with Gasteiger partial charge < -0.3 is 19.1 Å². The van der Waals surface area contributed by atoms with Crippen molar-refractivity contribution < 1.29 is 19.0 Å². The molecular formula is C19H28ClNO4. The minimum atomic E-state index is -0.0726. The van der Waals surface area contributed by atoms with Gasteiger partial charge in [-0.25, -0.2) is 0 Å². The molecule has 1 fully saturated rings. The number of carbonyl (C=O) groups is 1. The molecule has 1 saturated heterocycles. The fourth-order valence-corrected chi connectivity index (χ4v) is 3.00. The van der Waals surface area contributed by atoms with Crippen LogP contribution in [0.1, 0.15) is 44.5 Å². The highest BCUT2D eigenvalue weighted by molar-refractivity contribution is 6.32. The van der Waals surface area contributed by atoms with Gasteiger partial charge in [-0.3, -0.25) is 4.79 Å². The lowest BCUT2D eigenvalue weighted by atomic mass is 10.1. The van der Waals surface area contributed by atoms with Crippen molar-refractivity contribution >= 4 is 17.5 Å². The first kappa shape index (κ1) is 19.9. The van der Waals surface area contributed by atoms with Gasteiger partial charge in [-0.15, -0.1) is 0 Å². The molecule has 2 atom stereocenters. The SMILES string of the molecule is COc1cc(C(=O)N2CC(C)OCC2C)cc(Cl)c1OCCC(C)C. The highest BCUT2D eigenvalue weighted by atomic mass is 35.5. The molecule has 1 aliphatic heterocycles. The lowest BCUT2D eigenvalue weighted by Crippen LogP contribution is -2.50. The first-order valence-electron chi connectivity index (χ1n) is 8.76. The third-order valence-electron chi connectivity index (χ3n) is 4.29. The van der Waals surface area contributed by atoms with Gasteiger partial charge in [-0.05, 0) is 38.3 Å². The van der Waals surface area contributed by atoms with Crippen LogP contribution in [0.15, 0.2) is 12.1 Å². The van der Waals surface area contributed by atoms with E-state index in [9.17, 15) is 4.79 Å². The van der Waals surface area contributed by atoms with E-state index in [1.165, 1.54) is 0 Å². The Morgan fingerprint density at radius 3 is 2.76 bits per heavy atom. The summed E-state index contributed by atoms with van der Waals surface area (Å²) in [6.45, 7) is 9.86. The van der Waals surface area contributed by atoms with Gasteiger partial charge in [-0.2, -0.15) is 0 Å². The molecule has 2 rings (SSSR count). The van der Waals surface area contributed by atoms with E-state index in [0.29, 0.717) is 47.8 Å². The average Bonchev–Trinajstić information content (AvgIpc) is 2.57. The van der Waals surface area contributed by atoms with Crippen molar-refractivity contribution in [1.29, 1.82) is 0 Å². The zero-order chi connectivity index (χ0) is 18.6. The molecule has 1 heterocycles. The molecule has 0 spiro atoms. The monoisotopic (exact) mass is 369 g/mol. The van der Waals surface area contributed by atoms with Gasteiger partial charge in [0, 0.05) is 12.1 Å². The maximum absolute atomic E-state index is 12.9. The van der Waals surface area contributed by atoms with Gasteiger partial charge >= 0.3 is 0 Å². The van der Waals surface area contributed by atoms with E-state index >= 15 is 0 Å². The molecule has 5 nitrogen and oxygen atoms in total. The van der Waals surface area contributed by atoms with Crippen molar-refractivity contribution in [3.05, 3.63) is 22.7 Å². The number of methoxy groups -OCH3 is 1. The normalized spacial score (nSPS) is 20.7. The molecule has 0 saturated carbocycles. The number of amides is 1. The summed E-state index contributed by atoms with van der Waals surface area (Å²) in [5.41, 5.74) is 0.499. The summed E-state index contributed by atoms with van der Waals surface area (Å²) in [6, 6.07) is 3.38. The molecule has 0 aromatic heterocycles. The summed E-state index contributed by atoms with van der Waals surface area (Å²) >= 11 is 6.38. The first-order valence-corrected chi connectivity index (χ1v) is 9.14. The van der Waals surface area contributed by atoms with Crippen molar-refractivity contribution in [1.82, 2.24) is 4.90 Å². The molecule has 6 heteroatoms. The van der Waals surface area contributed by atoms with Crippen molar-refractivity contribution in [3.8, 4) is 11.5 Å². The molecule has 1 amide bonds.